The molecular formula is C12H9Br2N3O2. The van der Waals surface area contributed by atoms with Gasteiger partial charge in [0.15, 0.2) is 5.82 Å². The minimum absolute atomic E-state index is 0.0707. The SMILES string of the molecule is Cc1ccc(C(=O)Nc2ncc(Br)nc2Br)c(O)c1. The molecule has 0 aliphatic heterocycles. The number of rotatable bonds is 2. The highest BCUT2D eigenvalue weighted by molar-refractivity contribution is 9.11. The number of carbonyl (C=O) groups is 1. The van der Waals surface area contributed by atoms with E-state index in [4.69, 9.17) is 0 Å². The topological polar surface area (TPSA) is 75.1 Å². The van der Waals surface area contributed by atoms with Crippen molar-refractivity contribution in [2.75, 3.05) is 5.32 Å². The molecule has 1 amide bonds. The van der Waals surface area contributed by atoms with Crippen LogP contribution in [0.4, 0.5) is 5.82 Å². The van der Waals surface area contributed by atoms with Gasteiger partial charge in [0.2, 0.25) is 0 Å². The highest BCUT2D eigenvalue weighted by atomic mass is 79.9. The van der Waals surface area contributed by atoms with Crippen LogP contribution in [0.25, 0.3) is 0 Å². The number of hydrogen-bond donors (Lipinski definition) is 2. The first-order valence-electron chi connectivity index (χ1n) is 5.26. The lowest BCUT2D eigenvalue weighted by Gasteiger charge is -2.07. The van der Waals surface area contributed by atoms with Gasteiger partial charge in [0, 0.05) is 0 Å². The van der Waals surface area contributed by atoms with Crippen LogP contribution < -0.4 is 5.32 Å². The van der Waals surface area contributed by atoms with Gasteiger partial charge in [0.05, 0.1) is 11.8 Å². The third kappa shape index (κ3) is 3.30. The van der Waals surface area contributed by atoms with E-state index >= 15 is 0 Å². The summed E-state index contributed by atoms with van der Waals surface area (Å²) in [7, 11) is 0. The Hall–Kier alpha value is -1.47. The molecule has 0 bridgehead atoms. The van der Waals surface area contributed by atoms with Crippen LogP contribution in [0.1, 0.15) is 15.9 Å². The third-order valence-electron chi connectivity index (χ3n) is 2.33. The van der Waals surface area contributed by atoms with E-state index in [-0.39, 0.29) is 17.1 Å². The Morgan fingerprint density at radius 3 is 2.74 bits per heavy atom. The standard InChI is InChI=1S/C12H9Br2N3O2/c1-6-2-3-7(8(18)4-6)12(19)17-11-10(14)16-9(13)5-15-11/h2-5,18H,1H3,(H,15,17,19). The molecule has 0 saturated carbocycles. The van der Waals surface area contributed by atoms with E-state index in [0.29, 0.717) is 9.21 Å². The maximum absolute atomic E-state index is 12.0. The molecule has 0 saturated heterocycles. The second-order valence-corrected chi connectivity index (χ2v) is 5.37. The number of nitrogens with one attached hydrogen (secondary N) is 1. The number of hydrogen-bond acceptors (Lipinski definition) is 4. The summed E-state index contributed by atoms with van der Waals surface area (Å²) in [6.07, 6.45) is 1.47. The van der Waals surface area contributed by atoms with E-state index in [1.807, 2.05) is 6.92 Å². The molecule has 2 N–H and O–H groups in total. The Labute approximate surface area is 126 Å². The first-order valence-corrected chi connectivity index (χ1v) is 6.85. The van der Waals surface area contributed by atoms with Crippen LogP contribution >= 0.6 is 31.9 Å². The predicted molar refractivity (Wildman–Crippen MR) is 78.2 cm³/mol. The zero-order valence-corrected chi connectivity index (χ0v) is 13.0. The largest absolute Gasteiger partial charge is 0.507 e. The first kappa shape index (κ1) is 14.0. The lowest BCUT2D eigenvalue weighted by atomic mass is 10.1. The second kappa shape index (κ2) is 5.66. The number of phenolic OH excluding ortho intramolecular Hbond substituents is 1. The van der Waals surface area contributed by atoms with Crippen molar-refractivity contribution in [2.24, 2.45) is 0 Å². The summed E-state index contributed by atoms with van der Waals surface area (Å²) in [6, 6.07) is 4.83. The number of halogens is 2. The van der Waals surface area contributed by atoms with E-state index in [1.54, 1.807) is 12.1 Å². The van der Waals surface area contributed by atoms with E-state index in [9.17, 15) is 9.90 Å². The molecular weight excluding hydrogens is 378 g/mol. The van der Waals surface area contributed by atoms with Crippen molar-refractivity contribution in [1.82, 2.24) is 9.97 Å². The Balaban J connectivity index is 2.25. The average Bonchev–Trinajstić information content (AvgIpc) is 2.32. The van der Waals surface area contributed by atoms with Crippen molar-refractivity contribution in [3.63, 3.8) is 0 Å². The number of nitrogens with zero attached hydrogens (tertiary/aromatic N) is 2. The molecule has 5 nitrogen and oxygen atoms in total. The van der Waals surface area contributed by atoms with Gasteiger partial charge in [0.1, 0.15) is 15.0 Å². The molecule has 1 heterocycles. The molecule has 0 spiro atoms. The zero-order chi connectivity index (χ0) is 14.0. The molecule has 0 unspecified atom stereocenters. The number of aromatic nitrogens is 2. The minimum atomic E-state index is -0.449. The molecule has 0 radical (unpaired) electrons. The van der Waals surface area contributed by atoms with Crippen LogP contribution in [0.2, 0.25) is 0 Å². The Morgan fingerprint density at radius 1 is 1.37 bits per heavy atom. The fourth-order valence-corrected chi connectivity index (χ4v) is 2.35. The van der Waals surface area contributed by atoms with Gasteiger partial charge >= 0.3 is 0 Å². The summed E-state index contributed by atoms with van der Waals surface area (Å²) >= 11 is 6.37. The number of aryl methyl sites for hydroxylation is 1. The van der Waals surface area contributed by atoms with Crippen molar-refractivity contribution < 1.29 is 9.90 Å². The maximum atomic E-state index is 12.0. The summed E-state index contributed by atoms with van der Waals surface area (Å²) in [5.41, 5.74) is 1.06. The second-order valence-electron chi connectivity index (χ2n) is 3.81. The first-order chi connectivity index (χ1) is 8.97. The van der Waals surface area contributed by atoms with Crippen LogP contribution in [0.3, 0.4) is 0 Å². The number of benzene rings is 1. The third-order valence-corrected chi connectivity index (χ3v) is 3.27. The van der Waals surface area contributed by atoms with Gasteiger partial charge in [-0.3, -0.25) is 4.79 Å². The molecule has 7 heteroatoms. The summed E-state index contributed by atoms with van der Waals surface area (Å²) in [5.74, 6) is -0.235. The van der Waals surface area contributed by atoms with Gasteiger partial charge < -0.3 is 10.4 Å². The smallest absolute Gasteiger partial charge is 0.260 e. The Bertz CT molecular complexity index is 647. The molecule has 0 aliphatic carbocycles. The number of anilines is 1. The normalized spacial score (nSPS) is 10.3. The van der Waals surface area contributed by atoms with Crippen LogP contribution in [0.15, 0.2) is 33.6 Å². The maximum Gasteiger partial charge on any atom is 0.260 e. The van der Waals surface area contributed by atoms with E-state index in [1.165, 1.54) is 12.3 Å². The van der Waals surface area contributed by atoms with Gasteiger partial charge in [-0.15, -0.1) is 0 Å². The molecule has 0 atom stereocenters. The summed E-state index contributed by atoms with van der Waals surface area (Å²) in [4.78, 5) is 20.1. The number of phenols is 1. The van der Waals surface area contributed by atoms with E-state index < -0.39 is 5.91 Å². The quantitative estimate of drug-likeness (QED) is 0.830. The van der Waals surface area contributed by atoms with Crippen molar-refractivity contribution in [3.05, 3.63) is 44.7 Å². The number of amides is 1. The van der Waals surface area contributed by atoms with E-state index in [2.05, 4.69) is 47.1 Å². The molecule has 2 aromatic rings. The molecule has 2 rings (SSSR count). The van der Waals surface area contributed by atoms with Crippen molar-refractivity contribution in [2.45, 2.75) is 6.92 Å². The fraction of sp³-hybridized carbons (Fsp3) is 0.0833. The molecule has 1 aromatic heterocycles. The highest BCUT2D eigenvalue weighted by Gasteiger charge is 2.14. The van der Waals surface area contributed by atoms with Crippen LogP contribution in [-0.2, 0) is 0 Å². The lowest BCUT2D eigenvalue weighted by molar-refractivity contribution is 0.102. The summed E-state index contributed by atoms with van der Waals surface area (Å²) < 4.78 is 0.956. The average molecular weight is 387 g/mol. The van der Waals surface area contributed by atoms with Crippen molar-refractivity contribution in [1.29, 1.82) is 0 Å². The lowest BCUT2D eigenvalue weighted by Crippen LogP contribution is -2.14. The fourth-order valence-electron chi connectivity index (χ4n) is 1.44. The van der Waals surface area contributed by atoms with Crippen LogP contribution in [0.5, 0.6) is 5.75 Å². The molecule has 0 aliphatic rings. The van der Waals surface area contributed by atoms with Gasteiger partial charge in [-0.05, 0) is 56.5 Å². The Kier molecular flexibility index (Phi) is 4.16. The minimum Gasteiger partial charge on any atom is -0.507 e. The summed E-state index contributed by atoms with van der Waals surface area (Å²) in [5, 5.41) is 12.3. The molecule has 98 valence electrons. The molecule has 1 aromatic carbocycles. The van der Waals surface area contributed by atoms with Crippen molar-refractivity contribution in [3.8, 4) is 5.75 Å². The van der Waals surface area contributed by atoms with Gasteiger partial charge in [-0.25, -0.2) is 9.97 Å². The number of carbonyl (C=O) groups excluding carboxylic acids is 1. The predicted octanol–water partition coefficient (Wildman–Crippen LogP) is 3.27. The highest BCUT2D eigenvalue weighted by Crippen LogP contribution is 2.23. The van der Waals surface area contributed by atoms with Crippen LogP contribution in [0, 0.1) is 6.92 Å². The molecule has 0 fully saturated rings. The van der Waals surface area contributed by atoms with Gasteiger partial charge in [0.25, 0.3) is 5.91 Å². The van der Waals surface area contributed by atoms with Crippen LogP contribution in [-0.4, -0.2) is 21.0 Å². The molecule has 19 heavy (non-hydrogen) atoms. The summed E-state index contributed by atoms with van der Waals surface area (Å²) in [6.45, 7) is 1.83. The van der Waals surface area contributed by atoms with Gasteiger partial charge in [-0.2, -0.15) is 0 Å². The van der Waals surface area contributed by atoms with Crippen molar-refractivity contribution >= 4 is 43.6 Å². The van der Waals surface area contributed by atoms with E-state index in [0.717, 1.165) is 5.56 Å². The Morgan fingerprint density at radius 2 is 2.11 bits per heavy atom. The number of aromatic hydroxyl groups is 1. The monoisotopic (exact) mass is 385 g/mol. The van der Waals surface area contributed by atoms with Gasteiger partial charge in [-0.1, -0.05) is 6.07 Å². The zero-order valence-electron chi connectivity index (χ0n) is 9.82.